The van der Waals surface area contributed by atoms with Crippen molar-refractivity contribution in [2.75, 3.05) is 33.2 Å². The number of hydrogen-bond donors (Lipinski definition) is 2. The first-order valence-electron chi connectivity index (χ1n) is 8.95. The fourth-order valence-corrected chi connectivity index (χ4v) is 3.87. The minimum absolute atomic E-state index is 0.244. The van der Waals surface area contributed by atoms with Crippen LogP contribution in [0.5, 0.6) is 0 Å². The molecule has 128 valence electrons. The SMILES string of the molecule is CNCCN1CCC(C(O)(c2ccccc2)c2ccccc2)CC1. The van der Waals surface area contributed by atoms with Gasteiger partial charge in [0.15, 0.2) is 0 Å². The maximum atomic E-state index is 11.8. The number of likely N-dealkylation sites (N-methyl/N-ethyl adjacent to an activating group) is 1. The molecule has 1 heterocycles. The van der Waals surface area contributed by atoms with Crippen LogP contribution in [0.4, 0.5) is 0 Å². The Bertz CT molecular complexity index is 567. The lowest BCUT2D eigenvalue weighted by Gasteiger charge is -2.42. The molecular weight excluding hydrogens is 296 g/mol. The maximum Gasteiger partial charge on any atom is 0.117 e. The Morgan fingerprint density at radius 2 is 1.46 bits per heavy atom. The van der Waals surface area contributed by atoms with Crippen LogP contribution in [0.2, 0.25) is 0 Å². The zero-order chi connectivity index (χ0) is 16.8. The predicted octanol–water partition coefficient (Wildman–Crippen LogP) is 2.85. The molecule has 0 radical (unpaired) electrons. The van der Waals surface area contributed by atoms with Gasteiger partial charge in [0.1, 0.15) is 5.60 Å². The third kappa shape index (κ3) is 3.54. The molecular formula is C21H28N2O. The van der Waals surface area contributed by atoms with Gasteiger partial charge in [0.05, 0.1) is 0 Å². The van der Waals surface area contributed by atoms with E-state index in [1.807, 2.05) is 43.4 Å². The fourth-order valence-electron chi connectivity index (χ4n) is 3.87. The number of piperidine rings is 1. The minimum atomic E-state index is -0.905. The second-order valence-corrected chi connectivity index (χ2v) is 6.72. The van der Waals surface area contributed by atoms with Crippen molar-refractivity contribution >= 4 is 0 Å². The van der Waals surface area contributed by atoms with E-state index in [1.54, 1.807) is 0 Å². The third-order valence-electron chi connectivity index (χ3n) is 5.28. The summed E-state index contributed by atoms with van der Waals surface area (Å²) in [6, 6.07) is 20.3. The van der Waals surface area contributed by atoms with Gasteiger partial charge in [0.2, 0.25) is 0 Å². The van der Waals surface area contributed by atoms with Crippen LogP contribution in [0.3, 0.4) is 0 Å². The van der Waals surface area contributed by atoms with E-state index in [0.29, 0.717) is 0 Å². The van der Waals surface area contributed by atoms with Crippen molar-refractivity contribution in [1.82, 2.24) is 10.2 Å². The lowest BCUT2D eigenvalue weighted by Crippen LogP contribution is -2.45. The van der Waals surface area contributed by atoms with Gasteiger partial charge < -0.3 is 15.3 Å². The molecule has 1 aliphatic heterocycles. The Kier molecular flexibility index (Phi) is 5.67. The molecule has 0 unspecified atom stereocenters. The first kappa shape index (κ1) is 17.2. The smallest absolute Gasteiger partial charge is 0.117 e. The molecule has 1 saturated heterocycles. The summed E-state index contributed by atoms with van der Waals surface area (Å²) in [5.41, 5.74) is 1.10. The van der Waals surface area contributed by atoms with Crippen molar-refractivity contribution < 1.29 is 5.11 Å². The number of likely N-dealkylation sites (tertiary alicyclic amines) is 1. The average Bonchev–Trinajstić information content (AvgIpc) is 2.67. The van der Waals surface area contributed by atoms with Crippen LogP contribution >= 0.6 is 0 Å². The average molecular weight is 324 g/mol. The lowest BCUT2D eigenvalue weighted by atomic mass is 9.72. The number of aliphatic hydroxyl groups is 1. The normalized spacial score (nSPS) is 17.1. The van der Waals surface area contributed by atoms with Crippen molar-refractivity contribution in [1.29, 1.82) is 0 Å². The highest BCUT2D eigenvalue weighted by Gasteiger charge is 2.41. The van der Waals surface area contributed by atoms with Crippen LogP contribution < -0.4 is 5.32 Å². The molecule has 1 aliphatic rings. The molecule has 0 aromatic heterocycles. The van der Waals surface area contributed by atoms with E-state index in [0.717, 1.165) is 50.1 Å². The second-order valence-electron chi connectivity index (χ2n) is 6.72. The zero-order valence-electron chi connectivity index (χ0n) is 14.5. The molecule has 0 saturated carbocycles. The number of nitrogens with zero attached hydrogens (tertiary/aromatic N) is 1. The summed E-state index contributed by atoms with van der Waals surface area (Å²) >= 11 is 0. The molecule has 0 amide bonds. The van der Waals surface area contributed by atoms with Gasteiger partial charge in [-0.15, -0.1) is 0 Å². The molecule has 24 heavy (non-hydrogen) atoms. The number of hydrogen-bond acceptors (Lipinski definition) is 3. The Morgan fingerprint density at radius 3 is 1.92 bits per heavy atom. The molecule has 0 bridgehead atoms. The summed E-state index contributed by atoms with van der Waals surface area (Å²) in [6.07, 6.45) is 2.04. The van der Waals surface area contributed by atoms with Crippen molar-refractivity contribution in [3.8, 4) is 0 Å². The largest absolute Gasteiger partial charge is 0.380 e. The Labute approximate surface area is 145 Å². The van der Waals surface area contributed by atoms with Crippen molar-refractivity contribution in [2.24, 2.45) is 5.92 Å². The van der Waals surface area contributed by atoms with E-state index < -0.39 is 5.60 Å². The van der Waals surface area contributed by atoms with Crippen molar-refractivity contribution in [3.05, 3.63) is 71.8 Å². The first-order valence-corrected chi connectivity index (χ1v) is 8.95. The van der Waals surface area contributed by atoms with E-state index in [-0.39, 0.29) is 5.92 Å². The van der Waals surface area contributed by atoms with Crippen LogP contribution in [0.15, 0.2) is 60.7 Å². The van der Waals surface area contributed by atoms with Crippen LogP contribution in [0.25, 0.3) is 0 Å². The van der Waals surface area contributed by atoms with E-state index in [2.05, 4.69) is 34.5 Å². The quantitative estimate of drug-likeness (QED) is 0.858. The molecule has 2 aromatic carbocycles. The van der Waals surface area contributed by atoms with Gasteiger partial charge in [-0.2, -0.15) is 0 Å². The van der Waals surface area contributed by atoms with Crippen molar-refractivity contribution in [3.63, 3.8) is 0 Å². The standard InChI is InChI=1S/C21H28N2O/c1-22-14-17-23-15-12-20(13-16-23)21(24,18-8-4-2-5-9-18)19-10-6-3-7-11-19/h2-11,20,22,24H,12-17H2,1H3. The molecule has 3 rings (SSSR count). The Balaban J connectivity index is 1.85. The van der Waals surface area contributed by atoms with Gasteiger partial charge in [-0.05, 0) is 50.0 Å². The van der Waals surface area contributed by atoms with Gasteiger partial charge in [-0.3, -0.25) is 0 Å². The molecule has 1 fully saturated rings. The number of benzene rings is 2. The summed E-state index contributed by atoms with van der Waals surface area (Å²) in [7, 11) is 2.00. The highest BCUT2D eigenvalue weighted by molar-refractivity contribution is 5.37. The van der Waals surface area contributed by atoms with Gasteiger partial charge in [0.25, 0.3) is 0 Å². The Hall–Kier alpha value is -1.68. The van der Waals surface area contributed by atoms with Crippen LogP contribution in [-0.4, -0.2) is 43.2 Å². The van der Waals surface area contributed by atoms with Crippen LogP contribution in [0.1, 0.15) is 24.0 Å². The van der Waals surface area contributed by atoms with Crippen LogP contribution in [0, 0.1) is 5.92 Å². The zero-order valence-corrected chi connectivity index (χ0v) is 14.5. The second kappa shape index (κ2) is 7.93. The maximum absolute atomic E-state index is 11.8. The molecule has 0 spiro atoms. The van der Waals surface area contributed by atoms with Gasteiger partial charge in [-0.1, -0.05) is 60.7 Å². The lowest BCUT2D eigenvalue weighted by molar-refractivity contribution is -0.0139. The Morgan fingerprint density at radius 1 is 0.958 bits per heavy atom. The molecule has 3 nitrogen and oxygen atoms in total. The fraction of sp³-hybridized carbons (Fsp3) is 0.429. The van der Waals surface area contributed by atoms with Gasteiger partial charge in [0, 0.05) is 13.1 Å². The minimum Gasteiger partial charge on any atom is -0.380 e. The predicted molar refractivity (Wildman–Crippen MR) is 99.0 cm³/mol. The molecule has 2 N–H and O–H groups in total. The van der Waals surface area contributed by atoms with E-state index in [9.17, 15) is 5.11 Å². The molecule has 2 aromatic rings. The third-order valence-corrected chi connectivity index (χ3v) is 5.28. The number of rotatable bonds is 6. The summed E-state index contributed by atoms with van der Waals surface area (Å²) in [4.78, 5) is 2.49. The molecule has 0 atom stereocenters. The number of nitrogens with one attached hydrogen (secondary N) is 1. The van der Waals surface area contributed by atoms with Crippen LogP contribution in [-0.2, 0) is 5.60 Å². The summed E-state index contributed by atoms with van der Waals surface area (Å²) in [6.45, 7) is 4.20. The highest BCUT2D eigenvalue weighted by Crippen LogP contribution is 2.41. The van der Waals surface area contributed by atoms with Gasteiger partial charge in [-0.25, -0.2) is 0 Å². The summed E-state index contributed by atoms with van der Waals surface area (Å²) in [5, 5.41) is 15.0. The van der Waals surface area contributed by atoms with E-state index >= 15 is 0 Å². The first-order chi connectivity index (χ1) is 11.7. The monoisotopic (exact) mass is 324 g/mol. The molecule has 0 aliphatic carbocycles. The highest BCUT2D eigenvalue weighted by atomic mass is 16.3. The molecule has 3 heteroatoms. The topological polar surface area (TPSA) is 35.5 Å². The summed E-state index contributed by atoms with van der Waals surface area (Å²) < 4.78 is 0. The van der Waals surface area contributed by atoms with Crippen molar-refractivity contribution in [2.45, 2.75) is 18.4 Å². The van der Waals surface area contributed by atoms with E-state index in [1.165, 1.54) is 0 Å². The summed E-state index contributed by atoms with van der Waals surface area (Å²) in [5.74, 6) is 0.244. The van der Waals surface area contributed by atoms with E-state index in [4.69, 9.17) is 0 Å². The van der Waals surface area contributed by atoms with Gasteiger partial charge >= 0.3 is 0 Å².